The summed E-state index contributed by atoms with van der Waals surface area (Å²) in [5.74, 6) is 1.22. The third-order valence-corrected chi connectivity index (χ3v) is 6.13. The molecule has 1 saturated heterocycles. The second-order valence-corrected chi connectivity index (χ2v) is 8.01. The van der Waals surface area contributed by atoms with E-state index >= 15 is 0 Å². The number of carbonyl (C=O) groups is 1. The quantitative estimate of drug-likeness (QED) is 0.675. The van der Waals surface area contributed by atoms with Crippen LogP contribution in [0.4, 0.5) is 0 Å². The minimum absolute atomic E-state index is 0.0680. The van der Waals surface area contributed by atoms with Crippen LogP contribution in [0.3, 0.4) is 0 Å². The highest BCUT2D eigenvalue weighted by molar-refractivity contribution is 5.88. The van der Waals surface area contributed by atoms with Gasteiger partial charge in [0.25, 0.3) is 0 Å². The van der Waals surface area contributed by atoms with E-state index in [1.807, 2.05) is 0 Å². The van der Waals surface area contributed by atoms with Crippen LogP contribution in [-0.2, 0) is 14.3 Å². The summed E-state index contributed by atoms with van der Waals surface area (Å²) < 4.78 is 12.3. The van der Waals surface area contributed by atoms with Crippen molar-refractivity contribution in [3.63, 3.8) is 0 Å². The van der Waals surface area contributed by atoms with Crippen molar-refractivity contribution in [3.8, 4) is 0 Å². The molecule has 4 fully saturated rings. The van der Waals surface area contributed by atoms with Gasteiger partial charge in [0.2, 0.25) is 0 Å². The van der Waals surface area contributed by atoms with Crippen molar-refractivity contribution < 1.29 is 14.3 Å². The van der Waals surface area contributed by atoms with Crippen molar-refractivity contribution in [3.05, 3.63) is 0 Å². The van der Waals surface area contributed by atoms with Gasteiger partial charge in [-0.25, -0.2) is 0 Å². The topological polar surface area (TPSA) is 35.5 Å². The molecule has 0 N–H and O–H groups in total. The summed E-state index contributed by atoms with van der Waals surface area (Å²) in [6.45, 7) is 5.87. The molecular formula is C16H24O3. The Morgan fingerprint density at radius 1 is 1.05 bits per heavy atom. The van der Waals surface area contributed by atoms with E-state index in [0.29, 0.717) is 17.6 Å². The fourth-order valence-electron chi connectivity index (χ4n) is 5.17. The van der Waals surface area contributed by atoms with Gasteiger partial charge in [-0.05, 0) is 31.1 Å². The first-order chi connectivity index (χ1) is 8.96. The van der Waals surface area contributed by atoms with E-state index in [9.17, 15) is 4.79 Å². The van der Waals surface area contributed by atoms with E-state index in [-0.39, 0.29) is 10.8 Å². The van der Waals surface area contributed by atoms with Crippen molar-refractivity contribution >= 4 is 5.78 Å². The molecule has 3 atom stereocenters. The summed E-state index contributed by atoms with van der Waals surface area (Å²) in [6, 6.07) is 0. The molecule has 4 rings (SSSR count). The third-order valence-electron chi connectivity index (χ3n) is 6.13. The molecule has 2 spiro atoms. The maximum atomic E-state index is 12.5. The molecule has 19 heavy (non-hydrogen) atoms. The van der Waals surface area contributed by atoms with Crippen molar-refractivity contribution in [1.29, 1.82) is 0 Å². The van der Waals surface area contributed by atoms with Crippen LogP contribution in [-0.4, -0.2) is 24.8 Å². The van der Waals surface area contributed by atoms with Gasteiger partial charge in [0, 0.05) is 30.1 Å². The summed E-state index contributed by atoms with van der Waals surface area (Å²) in [5.41, 5.74) is 0.0428. The zero-order valence-electron chi connectivity index (χ0n) is 12.0. The maximum absolute atomic E-state index is 12.5. The van der Waals surface area contributed by atoms with Crippen molar-refractivity contribution in [2.24, 2.45) is 22.7 Å². The molecule has 106 valence electrons. The van der Waals surface area contributed by atoms with E-state index < -0.39 is 5.79 Å². The molecule has 4 aliphatic rings. The molecule has 0 bridgehead atoms. The number of ketones is 1. The minimum atomic E-state index is -0.432. The first-order valence-corrected chi connectivity index (χ1v) is 7.77. The summed E-state index contributed by atoms with van der Waals surface area (Å²) in [5, 5.41) is 0. The maximum Gasteiger partial charge on any atom is 0.169 e. The standard InChI is InChI=1S/C16H24O3/c1-14(2)9-18-15(19-10-14)7-12-4-3-11-5-6-13(17)16(11,12)8-15/h11-12H,3-10H2,1-2H3/t11-,12-,16+/m0/s1. The monoisotopic (exact) mass is 264 g/mol. The lowest BCUT2D eigenvalue weighted by Gasteiger charge is -2.42. The van der Waals surface area contributed by atoms with Gasteiger partial charge < -0.3 is 9.47 Å². The van der Waals surface area contributed by atoms with Crippen LogP contribution in [0.25, 0.3) is 0 Å². The second kappa shape index (κ2) is 3.62. The summed E-state index contributed by atoms with van der Waals surface area (Å²) in [6.07, 6.45) is 6.14. The first kappa shape index (κ1) is 12.3. The van der Waals surface area contributed by atoms with Gasteiger partial charge in [-0.1, -0.05) is 13.8 Å². The zero-order valence-corrected chi connectivity index (χ0v) is 12.0. The van der Waals surface area contributed by atoms with E-state index in [0.717, 1.165) is 38.9 Å². The van der Waals surface area contributed by atoms with Gasteiger partial charge in [-0.15, -0.1) is 0 Å². The molecular weight excluding hydrogens is 240 g/mol. The molecule has 1 aliphatic heterocycles. The number of Topliss-reactive ketones (excluding diaryl/α,β-unsaturated/α-hetero) is 1. The van der Waals surface area contributed by atoms with Gasteiger partial charge in [-0.3, -0.25) is 4.79 Å². The highest BCUT2D eigenvalue weighted by Crippen LogP contribution is 2.66. The smallest absolute Gasteiger partial charge is 0.169 e. The number of ether oxygens (including phenoxy) is 2. The summed E-state index contributed by atoms with van der Waals surface area (Å²) >= 11 is 0. The fraction of sp³-hybridized carbons (Fsp3) is 0.938. The lowest BCUT2D eigenvalue weighted by atomic mass is 9.75. The van der Waals surface area contributed by atoms with Gasteiger partial charge in [0.1, 0.15) is 5.78 Å². The molecule has 0 radical (unpaired) electrons. The molecule has 3 aliphatic carbocycles. The van der Waals surface area contributed by atoms with Gasteiger partial charge >= 0.3 is 0 Å². The predicted molar refractivity (Wildman–Crippen MR) is 70.5 cm³/mol. The highest BCUT2D eigenvalue weighted by atomic mass is 16.7. The Morgan fingerprint density at radius 3 is 2.47 bits per heavy atom. The predicted octanol–water partition coefficient (Wildman–Crippen LogP) is 2.93. The van der Waals surface area contributed by atoms with Crippen LogP contribution in [0.1, 0.15) is 52.4 Å². The van der Waals surface area contributed by atoms with Crippen LogP contribution in [0.2, 0.25) is 0 Å². The normalized spacial score (nSPS) is 46.5. The van der Waals surface area contributed by atoms with Crippen LogP contribution in [0.15, 0.2) is 0 Å². The van der Waals surface area contributed by atoms with Crippen LogP contribution in [0.5, 0.6) is 0 Å². The Kier molecular flexibility index (Phi) is 2.35. The average molecular weight is 264 g/mol. The highest BCUT2D eigenvalue weighted by Gasteiger charge is 2.67. The van der Waals surface area contributed by atoms with Gasteiger partial charge in [0.15, 0.2) is 5.79 Å². The number of rotatable bonds is 0. The van der Waals surface area contributed by atoms with Gasteiger partial charge in [0.05, 0.1) is 13.2 Å². The molecule has 0 aromatic heterocycles. The molecule has 0 aromatic rings. The molecule has 3 heteroatoms. The van der Waals surface area contributed by atoms with Crippen molar-refractivity contribution in [2.45, 2.75) is 58.2 Å². The van der Waals surface area contributed by atoms with Crippen molar-refractivity contribution in [2.75, 3.05) is 13.2 Å². The van der Waals surface area contributed by atoms with E-state index in [2.05, 4.69) is 13.8 Å². The SMILES string of the molecule is CC1(C)COC2(C[C@@H]3CC[C@H]4CCC(=O)[C@]43C2)OC1. The lowest BCUT2D eigenvalue weighted by molar-refractivity contribution is -0.299. The Bertz CT molecular complexity index is 418. The van der Waals surface area contributed by atoms with Gasteiger partial charge in [-0.2, -0.15) is 0 Å². The Balaban J connectivity index is 1.62. The number of hydrogen-bond donors (Lipinski definition) is 0. The fourth-order valence-corrected chi connectivity index (χ4v) is 5.17. The van der Waals surface area contributed by atoms with Crippen LogP contribution < -0.4 is 0 Å². The number of carbonyl (C=O) groups excluding carboxylic acids is 1. The molecule has 0 aromatic carbocycles. The minimum Gasteiger partial charge on any atom is -0.349 e. The number of hydrogen-bond acceptors (Lipinski definition) is 3. The molecule has 1 heterocycles. The Hall–Kier alpha value is -0.410. The molecule has 0 unspecified atom stereocenters. The zero-order chi connectivity index (χ0) is 13.3. The molecule has 0 amide bonds. The summed E-state index contributed by atoms with van der Waals surface area (Å²) in [4.78, 5) is 12.5. The Labute approximate surface area is 115 Å². The summed E-state index contributed by atoms with van der Waals surface area (Å²) in [7, 11) is 0. The van der Waals surface area contributed by atoms with E-state index in [1.54, 1.807) is 0 Å². The molecule has 3 saturated carbocycles. The second-order valence-electron chi connectivity index (χ2n) is 8.01. The largest absolute Gasteiger partial charge is 0.349 e. The van der Waals surface area contributed by atoms with E-state index in [4.69, 9.17) is 9.47 Å². The lowest BCUT2D eigenvalue weighted by Crippen LogP contribution is -2.47. The molecule has 3 nitrogen and oxygen atoms in total. The van der Waals surface area contributed by atoms with Crippen molar-refractivity contribution in [1.82, 2.24) is 0 Å². The van der Waals surface area contributed by atoms with Crippen LogP contribution >= 0.6 is 0 Å². The Morgan fingerprint density at radius 2 is 1.74 bits per heavy atom. The van der Waals surface area contributed by atoms with E-state index in [1.165, 1.54) is 12.8 Å². The third kappa shape index (κ3) is 1.55. The first-order valence-electron chi connectivity index (χ1n) is 7.77. The average Bonchev–Trinajstić information content (AvgIpc) is 2.94. The van der Waals surface area contributed by atoms with Crippen LogP contribution in [0, 0.1) is 22.7 Å².